The molecule has 0 unspecified atom stereocenters. The first-order valence-electron chi connectivity index (χ1n) is 5.11. The molecule has 0 fully saturated rings. The second-order valence-electron chi connectivity index (χ2n) is 3.35. The van der Waals surface area contributed by atoms with Crippen LogP contribution in [0.4, 0.5) is 8.78 Å². The molecular weight excluding hydrogens is 262 g/mol. The van der Waals surface area contributed by atoms with Crippen molar-refractivity contribution in [2.75, 3.05) is 6.54 Å². The summed E-state index contributed by atoms with van der Waals surface area (Å²) in [6.07, 6.45) is 0.346. The summed E-state index contributed by atoms with van der Waals surface area (Å²) in [5.41, 5.74) is 5.31. The van der Waals surface area contributed by atoms with Crippen molar-refractivity contribution < 1.29 is 18.3 Å². The number of para-hydroxylation sites is 1. The van der Waals surface area contributed by atoms with Gasteiger partial charge in [-0.2, -0.15) is 8.78 Å². The summed E-state index contributed by atoms with van der Waals surface area (Å²) in [5.74, 6) is -0.678. The van der Waals surface area contributed by atoms with Gasteiger partial charge >= 0.3 is 6.61 Å². The Kier molecular flexibility index (Phi) is 5.44. The van der Waals surface area contributed by atoms with E-state index in [1.807, 2.05) is 0 Å². The molecule has 0 bridgehead atoms. The molecule has 0 radical (unpaired) electrons. The third-order valence-electron chi connectivity index (χ3n) is 2.00. The van der Waals surface area contributed by atoms with E-state index in [4.69, 9.17) is 5.73 Å². The molecule has 0 aliphatic carbocycles. The molecule has 0 aliphatic heterocycles. The molecule has 1 aromatic rings. The lowest BCUT2D eigenvalue weighted by Crippen LogP contribution is -2.27. The van der Waals surface area contributed by atoms with Crippen molar-refractivity contribution in [3.63, 3.8) is 0 Å². The van der Waals surface area contributed by atoms with Gasteiger partial charge in [0.2, 0.25) is 0 Å². The lowest BCUT2D eigenvalue weighted by atomic mass is 10.2. The fourth-order valence-corrected chi connectivity index (χ4v) is 1.35. The summed E-state index contributed by atoms with van der Waals surface area (Å²) < 4.78 is 28.5. The zero-order valence-corrected chi connectivity index (χ0v) is 10.2. The van der Waals surface area contributed by atoms with Crippen LogP contribution in [0.1, 0.15) is 16.8 Å². The van der Waals surface area contributed by atoms with Crippen LogP contribution in [0, 0.1) is 0 Å². The highest BCUT2D eigenvalue weighted by Gasteiger charge is 2.14. The van der Waals surface area contributed by atoms with Gasteiger partial charge in [-0.15, -0.1) is 0 Å². The molecule has 1 rings (SSSR count). The van der Waals surface area contributed by atoms with E-state index in [2.05, 4.69) is 22.3 Å². The summed E-state index contributed by atoms with van der Waals surface area (Å²) in [5, 5.41) is 2.51. The number of nitrogens with one attached hydrogen (secondary N) is 1. The number of alkyl halides is 2. The van der Waals surface area contributed by atoms with Crippen molar-refractivity contribution in [3.05, 3.63) is 29.8 Å². The normalized spacial score (nSPS) is 10.2. The third kappa shape index (κ3) is 4.62. The van der Waals surface area contributed by atoms with E-state index in [0.717, 1.165) is 0 Å². The first-order chi connectivity index (χ1) is 8.50. The zero-order valence-electron chi connectivity index (χ0n) is 9.36. The Morgan fingerprint density at radius 2 is 2.11 bits per heavy atom. The van der Waals surface area contributed by atoms with Crippen LogP contribution >= 0.6 is 12.2 Å². The molecule has 18 heavy (non-hydrogen) atoms. The highest BCUT2D eigenvalue weighted by molar-refractivity contribution is 7.80. The van der Waals surface area contributed by atoms with E-state index < -0.39 is 12.5 Å². The fourth-order valence-electron chi connectivity index (χ4n) is 1.25. The van der Waals surface area contributed by atoms with Crippen LogP contribution in [0.15, 0.2) is 24.3 Å². The minimum atomic E-state index is -2.98. The second kappa shape index (κ2) is 6.85. The zero-order chi connectivity index (χ0) is 13.5. The molecule has 0 heterocycles. The van der Waals surface area contributed by atoms with E-state index in [0.29, 0.717) is 6.42 Å². The third-order valence-corrected chi connectivity index (χ3v) is 2.21. The number of ether oxygens (including phenoxy) is 1. The van der Waals surface area contributed by atoms with Crippen LogP contribution in [-0.2, 0) is 0 Å². The lowest BCUT2D eigenvalue weighted by molar-refractivity contribution is -0.0501. The monoisotopic (exact) mass is 274 g/mol. The molecule has 0 aromatic heterocycles. The summed E-state index contributed by atoms with van der Waals surface area (Å²) in [7, 11) is 0. The molecule has 0 saturated carbocycles. The molecule has 0 spiro atoms. The molecule has 98 valence electrons. The summed E-state index contributed by atoms with van der Waals surface area (Å²) >= 11 is 4.65. The van der Waals surface area contributed by atoms with Crippen LogP contribution in [0.3, 0.4) is 0 Å². The Bertz CT molecular complexity index is 441. The van der Waals surface area contributed by atoms with Gasteiger partial charge in [0, 0.05) is 13.0 Å². The number of carbonyl (C=O) groups is 1. The van der Waals surface area contributed by atoms with Gasteiger partial charge in [0.15, 0.2) is 0 Å². The van der Waals surface area contributed by atoms with Crippen molar-refractivity contribution >= 4 is 23.1 Å². The van der Waals surface area contributed by atoms with Gasteiger partial charge in [-0.3, -0.25) is 4.79 Å². The maximum Gasteiger partial charge on any atom is 0.387 e. The minimum Gasteiger partial charge on any atom is -0.434 e. The lowest BCUT2D eigenvalue weighted by Gasteiger charge is -2.10. The smallest absolute Gasteiger partial charge is 0.387 e. The number of rotatable bonds is 6. The Balaban J connectivity index is 2.69. The number of nitrogens with two attached hydrogens (primary N) is 1. The first kappa shape index (κ1) is 14.3. The van der Waals surface area contributed by atoms with Crippen LogP contribution in [0.2, 0.25) is 0 Å². The number of carbonyl (C=O) groups excluding carboxylic acids is 1. The largest absolute Gasteiger partial charge is 0.434 e. The van der Waals surface area contributed by atoms with E-state index in [-0.39, 0.29) is 22.8 Å². The van der Waals surface area contributed by atoms with Gasteiger partial charge in [0.25, 0.3) is 5.91 Å². The number of amides is 1. The van der Waals surface area contributed by atoms with E-state index in [1.54, 1.807) is 6.07 Å². The molecule has 4 nitrogen and oxygen atoms in total. The molecule has 7 heteroatoms. The van der Waals surface area contributed by atoms with Crippen LogP contribution in [-0.4, -0.2) is 24.1 Å². The topological polar surface area (TPSA) is 64.3 Å². The van der Waals surface area contributed by atoms with Crippen molar-refractivity contribution in [1.29, 1.82) is 0 Å². The van der Waals surface area contributed by atoms with Crippen LogP contribution < -0.4 is 15.8 Å². The van der Waals surface area contributed by atoms with Gasteiger partial charge in [-0.05, 0) is 12.1 Å². The average Bonchev–Trinajstić information content (AvgIpc) is 2.28. The molecule has 1 amide bonds. The van der Waals surface area contributed by atoms with Crippen LogP contribution in [0.5, 0.6) is 5.75 Å². The van der Waals surface area contributed by atoms with Gasteiger partial charge in [0.1, 0.15) is 5.75 Å². The Morgan fingerprint density at radius 1 is 1.44 bits per heavy atom. The number of halogens is 2. The van der Waals surface area contributed by atoms with Gasteiger partial charge in [0.05, 0.1) is 10.6 Å². The molecule has 3 N–H and O–H groups in total. The van der Waals surface area contributed by atoms with Crippen molar-refractivity contribution in [2.24, 2.45) is 5.73 Å². The predicted octanol–water partition coefficient (Wildman–Crippen LogP) is 1.69. The second-order valence-corrected chi connectivity index (χ2v) is 3.87. The minimum absolute atomic E-state index is 0.0424. The number of hydrogen-bond donors (Lipinski definition) is 2. The quantitative estimate of drug-likeness (QED) is 0.775. The Hall–Kier alpha value is -1.76. The number of benzene rings is 1. The van der Waals surface area contributed by atoms with Crippen molar-refractivity contribution in [2.45, 2.75) is 13.0 Å². The molecule has 0 atom stereocenters. The predicted molar refractivity (Wildman–Crippen MR) is 66.8 cm³/mol. The maximum atomic E-state index is 12.1. The SMILES string of the molecule is NC(=S)CCNC(=O)c1ccccc1OC(F)F. The summed E-state index contributed by atoms with van der Waals surface area (Å²) in [6, 6.07) is 5.76. The number of hydrogen-bond acceptors (Lipinski definition) is 3. The summed E-state index contributed by atoms with van der Waals surface area (Å²) in [4.78, 5) is 12.0. The number of thiocarbonyl (C=S) groups is 1. The van der Waals surface area contributed by atoms with Crippen LogP contribution in [0.25, 0.3) is 0 Å². The Labute approximate surface area is 108 Å². The van der Waals surface area contributed by atoms with Gasteiger partial charge in [-0.1, -0.05) is 24.4 Å². The standard InChI is InChI=1S/C11H12F2N2O2S/c12-11(13)17-8-4-2-1-3-7(8)10(16)15-6-5-9(14)18/h1-4,11H,5-6H2,(H2,14,18)(H,15,16). The van der Waals surface area contributed by atoms with E-state index in [9.17, 15) is 13.6 Å². The summed E-state index contributed by atoms with van der Waals surface area (Å²) in [6.45, 7) is -2.73. The molecule has 1 aromatic carbocycles. The van der Waals surface area contributed by atoms with Crippen molar-refractivity contribution in [1.82, 2.24) is 5.32 Å². The molecular formula is C11H12F2N2O2S. The first-order valence-corrected chi connectivity index (χ1v) is 5.52. The maximum absolute atomic E-state index is 12.1. The van der Waals surface area contributed by atoms with E-state index in [1.165, 1.54) is 18.2 Å². The van der Waals surface area contributed by atoms with Gasteiger partial charge in [-0.25, -0.2) is 0 Å². The van der Waals surface area contributed by atoms with Gasteiger partial charge < -0.3 is 15.8 Å². The highest BCUT2D eigenvalue weighted by Crippen LogP contribution is 2.19. The molecule has 0 saturated heterocycles. The average molecular weight is 274 g/mol. The molecule has 0 aliphatic rings. The fraction of sp³-hybridized carbons (Fsp3) is 0.273. The van der Waals surface area contributed by atoms with E-state index >= 15 is 0 Å². The van der Waals surface area contributed by atoms with Crippen molar-refractivity contribution in [3.8, 4) is 5.75 Å². The Morgan fingerprint density at radius 3 is 2.72 bits per heavy atom. The highest BCUT2D eigenvalue weighted by atomic mass is 32.1.